The van der Waals surface area contributed by atoms with Crippen LogP contribution in [0, 0.1) is 0 Å². The SMILES string of the molecule is CC(N=C1NC(=O)C(C)(c2ccncc2)S1)c1ccccc1C(F)(F)F. The molecule has 2 atom stereocenters. The van der Waals surface area contributed by atoms with Gasteiger partial charge in [-0.1, -0.05) is 30.0 Å². The van der Waals surface area contributed by atoms with Crippen LogP contribution in [0.15, 0.2) is 53.8 Å². The number of rotatable bonds is 3. The molecule has 2 aromatic rings. The highest BCUT2D eigenvalue weighted by atomic mass is 32.2. The molecular formula is C18H16F3N3OS. The number of pyridine rings is 1. The van der Waals surface area contributed by atoms with Crippen LogP contribution in [0.25, 0.3) is 0 Å². The summed E-state index contributed by atoms with van der Waals surface area (Å²) in [6.07, 6.45) is -1.28. The van der Waals surface area contributed by atoms with Crippen molar-refractivity contribution in [1.82, 2.24) is 10.3 Å². The molecule has 8 heteroatoms. The van der Waals surface area contributed by atoms with Gasteiger partial charge in [-0.05, 0) is 43.2 Å². The number of nitrogens with one attached hydrogen (secondary N) is 1. The zero-order valence-electron chi connectivity index (χ0n) is 14.0. The van der Waals surface area contributed by atoms with E-state index >= 15 is 0 Å². The number of aliphatic imine (C=N–C) groups is 1. The third kappa shape index (κ3) is 3.46. The number of alkyl halides is 3. The summed E-state index contributed by atoms with van der Waals surface area (Å²) in [5.74, 6) is -0.260. The molecule has 2 unspecified atom stereocenters. The maximum absolute atomic E-state index is 13.2. The third-order valence-corrected chi connectivity index (χ3v) is 5.44. The van der Waals surface area contributed by atoms with Crippen LogP contribution in [0.2, 0.25) is 0 Å². The largest absolute Gasteiger partial charge is 0.416 e. The second kappa shape index (κ2) is 6.75. The summed E-state index contributed by atoms with van der Waals surface area (Å²) < 4.78 is 38.7. The molecule has 1 aromatic heterocycles. The summed E-state index contributed by atoms with van der Waals surface area (Å²) in [6, 6.07) is 8.04. The van der Waals surface area contributed by atoms with Crippen molar-refractivity contribution < 1.29 is 18.0 Å². The lowest BCUT2D eigenvalue weighted by Crippen LogP contribution is -2.31. The van der Waals surface area contributed by atoms with Gasteiger partial charge < -0.3 is 5.32 Å². The topological polar surface area (TPSA) is 54.4 Å². The fourth-order valence-electron chi connectivity index (χ4n) is 2.77. The van der Waals surface area contributed by atoms with Gasteiger partial charge in [0.05, 0.1) is 11.6 Å². The van der Waals surface area contributed by atoms with Crippen LogP contribution in [0.1, 0.15) is 36.6 Å². The van der Waals surface area contributed by atoms with E-state index in [9.17, 15) is 18.0 Å². The molecule has 3 rings (SSSR count). The minimum absolute atomic E-state index is 0.0693. The van der Waals surface area contributed by atoms with Gasteiger partial charge in [0.1, 0.15) is 4.75 Å². The first kappa shape index (κ1) is 18.4. The minimum Gasteiger partial charge on any atom is -0.304 e. The summed E-state index contributed by atoms with van der Waals surface area (Å²) in [7, 11) is 0. The van der Waals surface area contributed by atoms with Gasteiger partial charge in [-0.25, -0.2) is 0 Å². The van der Waals surface area contributed by atoms with Crippen molar-refractivity contribution in [1.29, 1.82) is 0 Å². The molecule has 0 saturated carbocycles. The van der Waals surface area contributed by atoms with Gasteiger partial charge in [-0.3, -0.25) is 14.8 Å². The Morgan fingerprint density at radius 1 is 1.19 bits per heavy atom. The average molecular weight is 379 g/mol. The highest BCUT2D eigenvalue weighted by Gasteiger charge is 2.44. The number of amides is 1. The first-order chi connectivity index (χ1) is 12.2. The number of amidine groups is 1. The maximum atomic E-state index is 13.2. The number of aromatic nitrogens is 1. The average Bonchev–Trinajstić information content (AvgIpc) is 2.90. The van der Waals surface area contributed by atoms with E-state index < -0.39 is 22.5 Å². The Morgan fingerprint density at radius 3 is 2.50 bits per heavy atom. The molecule has 1 aliphatic heterocycles. The Kier molecular flexibility index (Phi) is 4.79. The summed E-state index contributed by atoms with van der Waals surface area (Å²) >= 11 is 1.19. The van der Waals surface area contributed by atoms with E-state index in [2.05, 4.69) is 15.3 Å². The van der Waals surface area contributed by atoms with Crippen molar-refractivity contribution in [2.24, 2.45) is 4.99 Å². The van der Waals surface area contributed by atoms with Crippen molar-refractivity contribution in [2.45, 2.75) is 30.8 Å². The second-order valence-electron chi connectivity index (χ2n) is 6.02. The van der Waals surface area contributed by atoms with Crippen LogP contribution in [0.3, 0.4) is 0 Å². The Morgan fingerprint density at radius 2 is 1.85 bits per heavy atom. The van der Waals surface area contributed by atoms with Crippen molar-refractivity contribution in [3.63, 3.8) is 0 Å². The van der Waals surface area contributed by atoms with Crippen LogP contribution in [0.4, 0.5) is 13.2 Å². The molecule has 0 aliphatic carbocycles. The lowest BCUT2D eigenvalue weighted by molar-refractivity contribution is -0.138. The van der Waals surface area contributed by atoms with E-state index in [1.165, 1.54) is 23.9 Å². The maximum Gasteiger partial charge on any atom is 0.416 e. The molecule has 1 N–H and O–H groups in total. The smallest absolute Gasteiger partial charge is 0.304 e. The van der Waals surface area contributed by atoms with Crippen molar-refractivity contribution in [3.05, 3.63) is 65.5 Å². The van der Waals surface area contributed by atoms with Crippen molar-refractivity contribution in [3.8, 4) is 0 Å². The number of thioether (sulfide) groups is 1. The van der Waals surface area contributed by atoms with Gasteiger partial charge >= 0.3 is 6.18 Å². The molecule has 1 aliphatic rings. The second-order valence-corrected chi connectivity index (χ2v) is 7.43. The Hall–Kier alpha value is -2.35. The first-order valence-corrected chi connectivity index (χ1v) is 8.68. The van der Waals surface area contributed by atoms with E-state index in [-0.39, 0.29) is 11.5 Å². The van der Waals surface area contributed by atoms with E-state index in [4.69, 9.17) is 0 Å². The van der Waals surface area contributed by atoms with E-state index in [0.29, 0.717) is 5.17 Å². The highest BCUT2D eigenvalue weighted by molar-refractivity contribution is 8.15. The molecule has 0 bridgehead atoms. The Bertz CT molecular complexity index is 854. The molecule has 0 radical (unpaired) electrons. The molecule has 4 nitrogen and oxygen atoms in total. The zero-order valence-corrected chi connectivity index (χ0v) is 14.9. The van der Waals surface area contributed by atoms with E-state index in [1.54, 1.807) is 44.4 Å². The van der Waals surface area contributed by atoms with Crippen LogP contribution in [-0.4, -0.2) is 16.1 Å². The Labute approximate surface area is 152 Å². The molecular weight excluding hydrogens is 363 g/mol. The molecule has 2 heterocycles. The summed E-state index contributed by atoms with van der Waals surface area (Å²) in [5.41, 5.74) is 0.103. The highest BCUT2D eigenvalue weighted by Crippen LogP contribution is 2.42. The predicted molar refractivity (Wildman–Crippen MR) is 94.6 cm³/mol. The number of nitrogens with zero attached hydrogens (tertiary/aromatic N) is 2. The van der Waals surface area contributed by atoms with Gasteiger partial charge in [0.15, 0.2) is 5.17 Å². The van der Waals surface area contributed by atoms with E-state index in [1.807, 2.05) is 0 Å². The number of hydrogen-bond donors (Lipinski definition) is 1. The lowest BCUT2D eigenvalue weighted by atomic mass is 10.0. The number of carbonyl (C=O) groups excluding carboxylic acids is 1. The fraction of sp³-hybridized carbons (Fsp3) is 0.278. The number of benzene rings is 1. The zero-order chi connectivity index (χ0) is 18.9. The predicted octanol–water partition coefficient (Wildman–Crippen LogP) is 4.30. The standard InChI is InChI=1S/C18H16F3N3OS/c1-11(13-5-3-4-6-14(13)18(19,20)21)23-16-24-15(25)17(2,26-16)12-7-9-22-10-8-12/h3-11H,1-2H3,(H,23,24,25). The van der Waals surface area contributed by atoms with Gasteiger partial charge in [-0.2, -0.15) is 13.2 Å². The molecule has 26 heavy (non-hydrogen) atoms. The molecule has 1 saturated heterocycles. The van der Waals surface area contributed by atoms with E-state index in [0.717, 1.165) is 11.6 Å². The summed E-state index contributed by atoms with van der Waals surface area (Å²) in [4.78, 5) is 20.7. The van der Waals surface area contributed by atoms with Crippen LogP contribution in [0.5, 0.6) is 0 Å². The summed E-state index contributed by atoms with van der Waals surface area (Å²) in [6.45, 7) is 3.32. The van der Waals surface area contributed by atoms with Crippen LogP contribution >= 0.6 is 11.8 Å². The van der Waals surface area contributed by atoms with Crippen molar-refractivity contribution in [2.75, 3.05) is 0 Å². The lowest BCUT2D eigenvalue weighted by Gasteiger charge is -2.18. The number of halogens is 3. The molecule has 0 spiro atoms. The Balaban J connectivity index is 1.90. The van der Waals surface area contributed by atoms with Gasteiger partial charge in [-0.15, -0.1) is 0 Å². The fourth-order valence-corrected chi connectivity index (χ4v) is 3.90. The number of carbonyl (C=O) groups is 1. The number of hydrogen-bond acceptors (Lipinski definition) is 4. The molecule has 1 aromatic carbocycles. The molecule has 1 fully saturated rings. The normalized spacial score (nSPS) is 23.1. The molecule has 1 amide bonds. The van der Waals surface area contributed by atoms with Gasteiger partial charge in [0, 0.05) is 12.4 Å². The third-order valence-electron chi connectivity index (χ3n) is 4.21. The van der Waals surface area contributed by atoms with Crippen LogP contribution in [-0.2, 0) is 15.7 Å². The quantitative estimate of drug-likeness (QED) is 0.865. The van der Waals surface area contributed by atoms with Crippen LogP contribution < -0.4 is 5.32 Å². The van der Waals surface area contributed by atoms with Gasteiger partial charge in [0.2, 0.25) is 5.91 Å². The summed E-state index contributed by atoms with van der Waals surface area (Å²) in [5, 5.41) is 2.98. The minimum atomic E-state index is -4.46. The monoisotopic (exact) mass is 379 g/mol. The van der Waals surface area contributed by atoms with Gasteiger partial charge in [0.25, 0.3) is 0 Å². The first-order valence-electron chi connectivity index (χ1n) is 7.86. The molecule has 136 valence electrons. The van der Waals surface area contributed by atoms with Crippen molar-refractivity contribution >= 4 is 22.8 Å².